The van der Waals surface area contributed by atoms with Gasteiger partial charge in [-0.1, -0.05) is 26.7 Å². The van der Waals surface area contributed by atoms with Gasteiger partial charge in [-0.3, -0.25) is 4.90 Å². The monoisotopic (exact) mass is 341 g/mol. The molecule has 0 spiro atoms. The molecule has 6 heteroatoms. The van der Waals surface area contributed by atoms with Gasteiger partial charge in [-0.05, 0) is 38.1 Å². The fraction of sp³-hybridized carbons (Fsp3) is 0.778. The highest BCUT2D eigenvalue weighted by atomic mass is 16.5. The normalized spacial score (nSPS) is 18.1. The van der Waals surface area contributed by atoms with Crippen molar-refractivity contribution in [2.75, 3.05) is 32.8 Å². The average molecular weight is 341 g/mol. The van der Waals surface area contributed by atoms with Gasteiger partial charge < -0.3 is 14.9 Å². The second-order valence-corrected chi connectivity index (χ2v) is 6.58. The SMILES string of the molecule is CCCC(C)C/C(C(=O)O)=C(/CCCCN1CCOCC1)C(=O)O. The van der Waals surface area contributed by atoms with Crippen LogP contribution in [0.2, 0.25) is 0 Å². The number of hydrogen-bond acceptors (Lipinski definition) is 4. The molecule has 6 nitrogen and oxygen atoms in total. The number of hydrogen-bond donors (Lipinski definition) is 2. The summed E-state index contributed by atoms with van der Waals surface area (Å²) < 4.78 is 5.30. The van der Waals surface area contributed by atoms with Crippen LogP contribution in [0.3, 0.4) is 0 Å². The van der Waals surface area contributed by atoms with Crippen molar-refractivity contribution in [2.24, 2.45) is 5.92 Å². The molecule has 138 valence electrons. The van der Waals surface area contributed by atoms with E-state index < -0.39 is 11.9 Å². The number of aliphatic carboxylic acids is 2. The maximum Gasteiger partial charge on any atom is 0.332 e. The van der Waals surface area contributed by atoms with E-state index in [0.29, 0.717) is 19.3 Å². The Hall–Kier alpha value is -1.40. The van der Waals surface area contributed by atoms with E-state index in [1.54, 1.807) is 0 Å². The quantitative estimate of drug-likeness (QED) is 0.444. The van der Waals surface area contributed by atoms with Gasteiger partial charge in [0.15, 0.2) is 0 Å². The third-order valence-corrected chi connectivity index (χ3v) is 4.47. The number of carboxylic acids is 2. The molecule has 1 heterocycles. The molecule has 2 N–H and O–H groups in total. The highest BCUT2D eigenvalue weighted by Crippen LogP contribution is 2.23. The summed E-state index contributed by atoms with van der Waals surface area (Å²) in [6.45, 7) is 8.25. The van der Waals surface area contributed by atoms with Crippen molar-refractivity contribution in [1.29, 1.82) is 0 Å². The Morgan fingerprint density at radius 3 is 2.25 bits per heavy atom. The summed E-state index contributed by atoms with van der Waals surface area (Å²) in [5.74, 6) is -2.00. The lowest BCUT2D eigenvalue weighted by molar-refractivity contribution is -0.136. The van der Waals surface area contributed by atoms with E-state index >= 15 is 0 Å². The molecule has 1 rings (SSSR count). The smallest absolute Gasteiger partial charge is 0.332 e. The highest BCUT2D eigenvalue weighted by molar-refractivity contribution is 5.98. The van der Waals surface area contributed by atoms with Crippen molar-refractivity contribution in [2.45, 2.75) is 52.4 Å². The van der Waals surface area contributed by atoms with Gasteiger partial charge >= 0.3 is 11.9 Å². The molecule has 1 unspecified atom stereocenters. The van der Waals surface area contributed by atoms with Crippen LogP contribution < -0.4 is 0 Å². The molecule has 0 aromatic carbocycles. The van der Waals surface area contributed by atoms with Gasteiger partial charge in [-0.2, -0.15) is 0 Å². The van der Waals surface area contributed by atoms with E-state index in [1.807, 2.05) is 13.8 Å². The number of morpholine rings is 1. The van der Waals surface area contributed by atoms with Crippen LogP contribution in [0.5, 0.6) is 0 Å². The van der Waals surface area contributed by atoms with Crippen molar-refractivity contribution in [3.63, 3.8) is 0 Å². The van der Waals surface area contributed by atoms with Crippen LogP contribution in [0.25, 0.3) is 0 Å². The number of nitrogens with zero attached hydrogens (tertiary/aromatic N) is 1. The van der Waals surface area contributed by atoms with E-state index in [-0.39, 0.29) is 17.1 Å². The minimum Gasteiger partial charge on any atom is -0.478 e. The van der Waals surface area contributed by atoms with E-state index in [0.717, 1.165) is 52.1 Å². The minimum atomic E-state index is -1.09. The third kappa shape index (κ3) is 7.45. The highest BCUT2D eigenvalue weighted by Gasteiger charge is 2.21. The summed E-state index contributed by atoms with van der Waals surface area (Å²) >= 11 is 0. The van der Waals surface area contributed by atoms with Gasteiger partial charge in [0, 0.05) is 24.2 Å². The molecule has 0 bridgehead atoms. The molecular weight excluding hydrogens is 310 g/mol. The molecule has 1 saturated heterocycles. The molecular formula is C18H31NO5. The van der Waals surface area contributed by atoms with Crippen LogP contribution in [-0.4, -0.2) is 59.9 Å². The zero-order chi connectivity index (χ0) is 17.9. The molecule has 0 aliphatic carbocycles. The van der Waals surface area contributed by atoms with Crippen LogP contribution in [0.1, 0.15) is 52.4 Å². The van der Waals surface area contributed by atoms with Gasteiger partial charge in [0.25, 0.3) is 0 Å². The Kier molecular flexibility index (Phi) is 9.64. The van der Waals surface area contributed by atoms with Crippen LogP contribution in [0.4, 0.5) is 0 Å². The van der Waals surface area contributed by atoms with Crippen LogP contribution >= 0.6 is 0 Å². The summed E-state index contributed by atoms with van der Waals surface area (Å²) in [6, 6.07) is 0. The molecule has 0 aromatic heterocycles. The average Bonchev–Trinajstić information content (AvgIpc) is 2.54. The first-order chi connectivity index (χ1) is 11.5. The van der Waals surface area contributed by atoms with Crippen molar-refractivity contribution in [1.82, 2.24) is 4.90 Å². The van der Waals surface area contributed by atoms with Crippen molar-refractivity contribution in [3.8, 4) is 0 Å². The largest absolute Gasteiger partial charge is 0.478 e. The molecule has 0 amide bonds. The Balaban J connectivity index is 2.60. The molecule has 1 aliphatic heterocycles. The zero-order valence-electron chi connectivity index (χ0n) is 14.9. The molecule has 24 heavy (non-hydrogen) atoms. The summed E-state index contributed by atoms with van der Waals surface area (Å²) in [5.41, 5.74) is 0.155. The first-order valence-electron chi connectivity index (χ1n) is 8.94. The Labute approximate surface area is 144 Å². The van der Waals surface area contributed by atoms with Gasteiger partial charge in [0.05, 0.1) is 13.2 Å². The predicted octanol–water partition coefficient (Wildman–Crippen LogP) is 2.78. The van der Waals surface area contributed by atoms with Crippen molar-refractivity contribution >= 4 is 11.9 Å². The van der Waals surface area contributed by atoms with E-state index in [4.69, 9.17) is 4.74 Å². The lowest BCUT2D eigenvalue weighted by Gasteiger charge is -2.26. The van der Waals surface area contributed by atoms with Gasteiger partial charge in [-0.15, -0.1) is 0 Å². The lowest BCUT2D eigenvalue weighted by atomic mass is 9.92. The second kappa shape index (κ2) is 11.2. The van der Waals surface area contributed by atoms with Crippen LogP contribution in [0, 0.1) is 5.92 Å². The molecule has 0 saturated carbocycles. The molecule has 0 radical (unpaired) electrons. The molecule has 1 atom stereocenters. The molecule has 1 fully saturated rings. The minimum absolute atomic E-state index is 0.0763. The van der Waals surface area contributed by atoms with Crippen molar-refractivity contribution in [3.05, 3.63) is 11.1 Å². The Morgan fingerprint density at radius 2 is 1.71 bits per heavy atom. The maximum absolute atomic E-state index is 11.5. The summed E-state index contributed by atoms with van der Waals surface area (Å²) in [4.78, 5) is 25.4. The van der Waals surface area contributed by atoms with E-state index in [9.17, 15) is 19.8 Å². The topological polar surface area (TPSA) is 87.1 Å². The number of unbranched alkanes of at least 4 members (excludes halogenated alkanes) is 1. The number of ether oxygens (including phenoxy) is 1. The predicted molar refractivity (Wildman–Crippen MR) is 92.1 cm³/mol. The number of carboxylic acid groups (broad SMARTS) is 2. The van der Waals surface area contributed by atoms with Gasteiger partial charge in [-0.25, -0.2) is 9.59 Å². The molecule has 1 aliphatic rings. The first-order valence-corrected chi connectivity index (χ1v) is 8.94. The summed E-state index contributed by atoms with van der Waals surface area (Å²) in [7, 11) is 0. The zero-order valence-corrected chi connectivity index (χ0v) is 14.9. The van der Waals surface area contributed by atoms with Gasteiger partial charge in [0.2, 0.25) is 0 Å². The summed E-state index contributed by atoms with van der Waals surface area (Å²) in [5, 5.41) is 18.9. The fourth-order valence-corrected chi connectivity index (χ4v) is 3.13. The van der Waals surface area contributed by atoms with Crippen LogP contribution in [0.15, 0.2) is 11.1 Å². The van der Waals surface area contributed by atoms with Gasteiger partial charge in [0.1, 0.15) is 0 Å². The third-order valence-electron chi connectivity index (χ3n) is 4.47. The fourth-order valence-electron chi connectivity index (χ4n) is 3.13. The second-order valence-electron chi connectivity index (χ2n) is 6.58. The Bertz CT molecular complexity index is 441. The Morgan fingerprint density at radius 1 is 1.08 bits per heavy atom. The first kappa shape index (κ1) is 20.6. The molecule has 0 aromatic rings. The van der Waals surface area contributed by atoms with Crippen molar-refractivity contribution < 1.29 is 24.5 Å². The number of carbonyl (C=O) groups is 2. The van der Waals surface area contributed by atoms with E-state index in [2.05, 4.69) is 4.90 Å². The lowest BCUT2D eigenvalue weighted by Crippen LogP contribution is -2.36. The van der Waals surface area contributed by atoms with E-state index in [1.165, 1.54) is 0 Å². The standard InChI is InChI=1S/C18H31NO5/c1-3-6-14(2)13-16(18(22)23)15(17(20)21)7-4-5-8-19-9-11-24-12-10-19/h14H,3-13H2,1-2H3,(H,20,21)(H,22,23)/b16-15+. The summed E-state index contributed by atoms with van der Waals surface area (Å²) in [6.07, 6.45) is 4.08. The van der Waals surface area contributed by atoms with Crippen LogP contribution in [-0.2, 0) is 14.3 Å². The maximum atomic E-state index is 11.5. The number of rotatable bonds is 11.